The Labute approximate surface area is 681 Å². The van der Waals surface area contributed by atoms with Gasteiger partial charge in [-0.05, 0) is 244 Å². The third-order valence-corrected chi connectivity index (χ3v) is 26.4. The molecule has 0 spiro atoms. The van der Waals surface area contributed by atoms with E-state index in [1.165, 1.54) is 147 Å². The molecule has 7 saturated heterocycles. The molecule has 0 aromatic heterocycles. The minimum atomic E-state index is 0. The maximum atomic E-state index is 5.99. The lowest BCUT2D eigenvalue weighted by Gasteiger charge is -2.45. The number of hydrogen-bond acceptors (Lipinski definition) is 7. The molecule has 7 aliphatic heterocycles. The highest BCUT2D eigenvalue weighted by Gasteiger charge is 2.44. The molecule has 0 aromatic rings. The van der Waals surface area contributed by atoms with Gasteiger partial charge in [0, 0.05) is 38.5 Å². The minimum Gasteiger partial charge on any atom is -0.381 e. The third-order valence-electron chi connectivity index (χ3n) is 25.5. The summed E-state index contributed by atoms with van der Waals surface area (Å²) in [7, 11) is 0. The number of ether oxygens (including phenoxy) is 3. The van der Waals surface area contributed by atoms with Gasteiger partial charge < -0.3 is 30.2 Å². The Kier molecular flexibility index (Phi) is 102. The predicted octanol–water partition coefficient (Wildman–Crippen LogP) is 33.0. The molecule has 0 aliphatic carbocycles. The average molecular weight is 1530 g/mol. The summed E-state index contributed by atoms with van der Waals surface area (Å²) in [4.78, 5) is 0. The normalized spacial score (nSPS) is 19.2. The molecule has 0 atom stereocenters. The van der Waals surface area contributed by atoms with E-state index in [1.807, 2.05) is 96.9 Å². The molecule has 0 saturated carbocycles. The monoisotopic (exact) mass is 1530 g/mol. The van der Waals surface area contributed by atoms with Gasteiger partial charge in [-0.2, -0.15) is 11.8 Å². The highest BCUT2D eigenvalue weighted by molar-refractivity contribution is 7.99. The Morgan fingerprint density at radius 1 is 0.248 bits per heavy atom. The van der Waals surface area contributed by atoms with Gasteiger partial charge in [0.15, 0.2) is 0 Å². The summed E-state index contributed by atoms with van der Waals surface area (Å²) < 4.78 is 17.0. The molecular weight excluding hydrogens is 1300 g/mol. The van der Waals surface area contributed by atoms with Gasteiger partial charge in [-0.25, -0.2) is 0 Å². The van der Waals surface area contributed by atoms with Gasteiger partial charge in [0.25, 0.3) is 0 Å². The van der Waals surface area contributed by atoms with Crippen molar-refractivity contribution in [2.24, 2.45) is 110 Å². The Balaban J connectivity index is -0.0000000736. The number of nitrogens with one attached hydrogen (secondary N) is 3. The fourth-order valence-corrected chi connectivity index (χ4v) is 19.2. The van der Waals surface area contributed by atoms with Crippen LogP contribution < -0.4 is 16.0 Å². The Hall–Kier alpha value is 0.110. The van der Waals surface area contributed by atoms with Gasteiger partial charge in [-0.15, -0.1) is 0 Å². The zero-order valence-corrected chi connectivity index (χ0v) is 77.3. The van der Waals surface area contributed by atoms with E-state index < -0.39 is 0 Å². The second kappa shape index (κ2) is 78.0. The molecule has 0 radical (unpaired) electrons. The maximum Gasteiger partial charge on any atom is 0.0728 e. The summed E-state index contributed by atoms with van der Waals surface area (Å²) in [6.45, 7) is 105. The molecular formula is C98H227N3O3S. The first-order chi connectivity index (χ1) is 46.2. The summed E-state index contributed by atoms with van der Waals surface area (Å²) in [5.41, 5.74) is 3.46. The van der Waals surface area contributed by atoms with Crippen LogP contribution >= 0.6 is 11.8 Å². The van der Waals surface area contributed by atoms with Crippen molar-refractivity contribution < 1.29 is 14.2 Å². The van der Waals surface area contributed by atoms with Gasteiger partial charge in [-0.1, -0.05) is 349 Å². The molecule has 0 bridgehead atoms. The Morgan fingerprint density at radius 2 is 0.581 bits per heavy atom. The molecule has 3 N–H and O–H groups in total. The van der Waals surface area contributed by atoms with Crippen LogP contribution in [0.5, 0.6) is 0 Å². The van der Waals surface area contributed by atoms with Crippen molar-refractivity contribution in [3.05, 3.63) is 0 Å². The lowest BCUT2D eigenvalue weighted by Crippen LogP contribution is -2.56. The summed E-state index contributed by atoms with van der Waals surface area (Å²) in [6.07, 6.45) is 21.5. The zero-order chi connectivity index (χ0) is 78.3. The SMILES string of the molecule is C.C.C.C.C.C.C.CC.CC.CC.CC.CC.CC.CC.CC(C)C1(C(C)C)CCCCN1.CC(C)C1(C(C)C)CCCCO1.CC(C)C1(C(C)C)CCCNC1.CC(C)C1(C(C)C)CCCOC1.CC(C)C1(C(C)C)CCNCC1.CC(C)C1(C(C)C)CCOCC1.CC(C)C1(C(C)C)CCSCC1. The van der Waals surface area contributed by atoms with Crippen molar-refractivity contribution in [2.45, 2.75) is 457 Å². The van der Waals surface area contributed by atoms with Gasteiger partial charge in [0.05, 0.1) is 12.2 Å². The molecule has 7 rings (SSSR count). The smallest absolute Gasteiger partial charge is 0.0728 e. The number of rotatable bonds is 14. The van der Waals surface area contributed by atoms with E-state index in [4.69, 9.17) is 14.2 Å². The highest BCUT2D eigenvalue weighted by Crippen LogP contribution is 2.49. The van der Waals surface area contributed by atoms with Crippen LogP contribution in [0.15, 0.2) is 0 Å². The van der Waals surface area contributed by atoms with Gasteiger partial charge in [0.2, 0.25) is 0 Å². The van der Waals surface area contributed by atoms with Crippen LogP contribution in [0.2, 0.25) is 0 Å². The average Bonchev–Trinajstić information content (AvgIpc) is 0.906. The van der Waals surface area contributed by atoms with Gasteiger partial charge >= 0.3 is 0 Å². The van der Waals surface area contributed by atoms with Crippen LogP contribution in [0, 0.1) is 110 Å². The molecule has 105 heavy (non-hydrogen) atoms. The lowest BCUT2D eigenvalue weighted by molar-refractivity contribution is -0.137. The molecule has 0 unspecified atom stereocenters. The second-order valence-electron chi connectivity index (χ2n) is 32.9. The topological polar surface area (TPSA) is 63.8 Å². The van der Waals surface area contributed by atoms with E-state index in [0.29, 0.717) is 44.4 Å². The predicted molar refractivity (Wildman–Crippen MR) is 504 cm³/mol. The fraction of sp³-hybridized carbons (Fsp3) is 1.00. The van der Waals surface area contributed by atoms with E-state index in [2.05, 4.69) is 222 Å². The van der Waals surface area contributed by atoms with Crippen LogP contribution in [0.3, 0.4) is 0 Å². The van der Waals surface area contributed by atoms with Crippen molar-refractivity contribution in [3.8, 4) is 0 Å². The van der Waals surface area contributed by atoms with Crippen LogP contribution in [-0.4, -0.2) is 88.4 Å². The van der Waals surface area contributed by atoms with Crippen molar-refractivity contribution in [3.63, 3.8) is 0 Å². The molecule has 0 aromatic carbocycles. The fourth-order valence-electron chi connectivity index (χ4n) is 17.9. The Bertz CT molecular complexity index is 1200. The van der Waals surface area contributed by atoms with Crippen LogP contribution in [0.1, 0.15) is 446 Å². The van der Waals surface area contributed by atoms with E-state index >= 15 is 0 Å². The zero-order valence-electron chi connectivity index (χ0n) is 76.5. The highest BCUT2D eigenvalue weighted by atomic mass is 32.2. The summed E-state index contributed by atoms with van der Waals surface area (Å²) in [6, 6.07) is 0. The van der Waals surface area contributed by atoms with Crippen molar-refractivity contribution in [2.75, 3.05) is 77.3 Å². The van der Waals surface area contributed by atoms with E-state index in [0.717, 1.165) is 104 Å². The largest absolute Gasteiger partial charge is 0.381 e. The first-order valence-electron chi connectivity index (χ1n) is 43.7. The van der Waals surface area contributed by atoms with Crippen LogP contribution in [0.25, 0.3) is 0 Å². The molecule has 6 nitrogen and oxygen atoms in total. The maximum absolute atomic E-state index is 5.99. The molecule has 7 heterocycles. The molecule has 0 amide bonds. The number of thioether (sulfide) groups is 1. The lowest BCUT2D eigenvalue weighted by atomic mass is 9.63. The number of piperidine rings is 3. The van der Waals surface area contributed by atoms with Gasteiger partial charge in [-0.3, -0.25) is 0 Å². The quantitative estimate of drug-likeness (QED) is 0.160. The second-order valence-corrected chi connectivity index (χ2v) is 34.2. The molecule has 7 aliphatic rings. The summed E-state index contributed by atoms with van der Waals surface area (Å²) in [5.74, 6) is 13.7. The Morgan fingerprint density at radius 3 is 0.781 bits per heavy atom. The molecule has 7 heteroatoms. The van der Waals surface area contributed by atoms with Crippen LogP contribution in [0.4, 0.5) is 0 Å². The first kappa shape index (κ1) is 137. The standard InChI is InChI=1S/3C11H23N.3C11H22O.C11H22S.7C2H6.7CH4/c1-9(2)11(10(3)4)5-7-12-8-6-11;1-9(2)11(10(3)4)6-5-7-12-8-11;1-9(2)11(10(3)4)7-5-6-8-12-11;1-9(2)11(10(3)4)5-7-12-8-6-11;1-9(2)11(10(3)4)6-5-7-12-8-11;1-9(2)11(10(3)4)7-5-6-8-12-11;1-9(2)11(10(3)4)5-7-12-8-6-11;7*1-2;;;;;;;/h3*9-10,12H,5-8H2,1-4H3;4*9-10H,5-8H2,1-4H3;7*1-2H3;7*1H4. The van der Waals surface area contributed by atoms with E-state index in [-0.39, 0.29) is 57.6 Å². The van der Waals surface area contributed by atoms with Crippen molar-refractivity contribution >= 4 is 11.8 Å². The van der Waals surface area contributed by atoms with Crippen LogP contribution in [-0.2, 0) is 14.2 Å². The number of hydrogen-bond donors (Lipinski definition) is 3. The van der Waals surface area contributed by atoms with Crippen molar-refractivity contribution in [1.29, 1.82) is 0 Å². The summed E-state index contributed by atoms with van der Waals surface area (Å²) in [5, 5.41) is 10.7. The van der Waals surface area contributed by atoms with Gasteiger partial charge in [0.1, 0.15) is 0 Å². The van der Waals surface area contributed by atoms with Crippen molar-refractivity contribution in [1.82, 2.24) is 16.0 Å². The minimum absolute atomic E-state index is 0. The molecule has 7 fully saturated rings. The summed E-state index contributed by atoms with van der Waals surface area (Å²) >= 11 is 2.13. The first-order valence-corrected chi connectivity index (χ1v) is 44.8. The van der Waals surface area contributed by atoms with E-state index in [9.17, 15) is 0 Å². The van der Waals surface area contributed by atoms with E-state index in [1.54, 1.807) is 0 Å². The molecule has 658 valence electrons. The third kappa shape index (κ3) is 45.7.